The third-order valence-corrected chi connectivity index (χ3v) is 4.92. The lowest BCUT2D eigenvalue weighted by atomic mass is 10.1. The molecule has 33 heavy (non-hydrogen) atoms. The van der Waals surface area contributed by atoms with Crippen LogP contribution in [0.2, 0.25) is 0 Å². The summed E-state index contributed by atoms with van der Waals surface area (Å²) in [6, 6.07) is 15.0. The number of nitro benzene ring substituents is 1. The highest BCUT2D eigenvalue weighted by atomic mass is 16.6. The van der Waals surface area contributed by atoms with E-state index in [2.05, 4.69) is 25.6 Å². The van der Waals surface area contributed by atoms with E-state index in [1.54, 1.807) is 50.6 Å². The van der Waals surface area contributed by atoms with Crippen molar-refractivity contribution >= 4 is 34.0 Å². The fourth-order valence-electron chi connectivity index (χ4n) is 3.24. The molecular formula is C22H19N5O6. The van der Waals surface area contributed by atoms with Gasteiger partial charge in [-0.1, -0.05) is 6.07 Å². The Morgan fingerprint density at radius 1 is 1.00 bits per heavy atom. The van der Waals surface area contributed by atoms with E-state index in [9.17, 15) is 14.9 Å². The second-order valence-corrected chi connectivity index (χ2v) is 6.93. The Kier molecular flexibility index (Phi) is 6.02. The van der Waals surface area contributed by atoms with E-state index in [0.29, 0.717) is 35.0 Å². The third kappa shape index (κ3) is 4.51. The predicted octanol–water partition coefficient (Wildman–Crippen LogP) is 3.82. The fraction of sp³-hybridized carbons (Fsp3) is 0.136. The van der Waals surface area contributed by atoms with E-state index in [4.69, 9.17) is 9.47 Å². The smallest absolute Gasteiger partial charge is 0.300 e. The zero-order valence-electron chi connectivity index (χ0n) is 17.7. The fourth-order valence-corrected chi connectivity index (χ4v) is 3.24. The quantitative estimate of drug-likeness (QED) is 0.303. The lowest BCUT2D eigenvalue weighted by molar-refractivity contribution is -0.383. The molecule has 0 atom stereocenters. The molecule has 0 saturated heterocycles. The lowest BCUT2D eigenvalue weighted by Crippen LogP contribution is -2.22. The number of hydrogen-bond acceptors (Lipinski definition) is 9. The molecule has 0 fully saturated rings. The molecule has 1 heterocycles. The maximum absolute atomic E-state index is 12.5. The Hall–Kier alpha value is -4.67. The highest BCUT2D eigenvalue weighted by molar-refractivity contribution is 5.96. The van der Waals surface area contributed by atoms with Crippen LogP contribution < -0.4 is 20.1 Å². The maximum Gasteiger partial charge on any atom is 0.300 e. The van der Waals surface area contributed by atoms with E-state index >= 15 is 0 Å². The number of non-ortho nitro benzene ring substituents is 1. The summed E-state index contributed by atoms with van der Waals surface area (Å²) in [7, 11) is 3.11. The second-order valence-electron chi connectivity index (χ2n) is 6.93. The van der Waals surface area contributed by atoms with Gasteiger partial charge in [-0.2, -0.15) is 0 Å². The normalized spacial score (nSPS) is 10.6. The Morgan fingerprint density at radius 2 is 1.73 bits per heavy atom. The van der Waals surface area contributed by atoms with Crippen molar-refractivity contribution in [2.75, 3.05) is 19.5 Å². The van der Waals surface area contributed by atoms with Crippen LogP contribution in [0.3, 0.4) is 0 Å². The number of anilines is 2. The second kappa shape index (κ2) is 9.22. The van der Waals surface area contributed by atoms with Gasteiger partial charge in [0.25, 0.3) is 5.91 Å². The van der Waals surface area contributed by atoms with E-state index < -0.39 is 4.92 Å². The molecule has 0 aliphatic heterocycles. The average molecular weight is 449 g/mol. The number of nitrogens with zero attached hydrogens (tertiary/aromatic N) is 3. The number of nitro groups is 1. The topological polar surface area (TPSA) is 142 Å². The maximum atomic E-state index is 12.5. The van der Waals surface area contributed by atoms with Crippen LogP contribution in [0.25, 0.3) is 11.0 Å². The van der Waals surface area contributed by atoms with Crippen LogP contribution in [0.15, 0.2) is 59.2 Å². The van der Waals surface area contributed by atoms with Crippen LogP contribution in [-0.2, 0) is 6.54 Å². The first-order valence-electron chi connectivity index (χ1n) is 9.76. The minimum absolute atomic E-state index is 0.0520. The molecule has 168 valence electrons. The van der Waals surface area contributed by atoms with Gasteiger partial charge in [-0.15, -0.1) is 0 Å². The van der Waals surface area contributed by atoms with Gasteiger partial charge in [0.2, 0.25) is 5.52 Å². The minimum atomic E-state index is -0.550. The first kappa shape index (κ1) is 21.6. The Bertz CT molecular complexity index is 1320. The monoisotopic (exact) mass is 449 g/mol. The summed E-state index contributed by atoms with van der Waals surface area (Å²) in [6.45, 7) is 0.319. The number of fused-ring (bicyclic) bond motifs is 1. The van der Waals surface area contributed by atoms with Crippen molar-refractivity contribution in [2.45, 2.75) is 6.54 Å². The number of nitrogens with one attached hydrogen (secondary N) is 2. The van der Waals surface area contributed by atoms with Crippen LogP contribution >= 0.6 is 0 Å². The SMILES string of the molecule is COc1ccc(CNC(=O)c2ccc(Nc3ccc([N+](=O)[O-])c4nonc34)cc2)cc1OC. The summed E-state index contributed by atoms with van der Waals surface area (Å²) in [5.74, 6) is 0.958. The molecule has 0 unspecified atom stereocenters. The molecule has 0 spiro atoms. The van der Waals surface area contributed by atoms with E-state index in [1.165, 1.54) is 12.1 Å². The first-order valence-corrected chi connectivity index (χ1v) is 9.76. The van der Waals surface area contributed by atoms with Gasteiger partial charge in [0.15, 0.2) is 17.0 Å². The largest absolute Gasteiger partial charge is 0.493 e. The van der Waals surface area contributed by atoms with Crippen LogP contribution in [0.4, 0.5) is 17.1 Å². The molecule has 11 heteroatoms. The Labute approximate surface area is 187 Å². The molecule has 3 aromatic carbocycles. The molecule has 1 amide bonds. The molecule has 4 rings (SSSR count). The van der Waals surface area contributed by atoms with Crippen molar-refractivity contribution in [3.05, 3.63) is 75.8 Å². The summed E-state index contributed by atoms with van der Waals surface area (Å²) in [6.07, 6.45) is 0. The van der Waals surface area contributed by atoms with Crippen LogP contribution in [0.5, 0.6) is 11.5 Å². The van der Waals surface area contributed by atoms with Crippen molar-refractivity contribution in [1.82, 2.24) is 15.6 Å². The number of amides is 1. The summed E-state index contributed by atoms with van der Waals surface area (Å²) < 4.78 is 15.2. The van der Waals surface area contributed by atoms with Gasteiger partial charge in [0.1, 0.15) is 0 Å². The van der Waals surface area contributed by atoms with Gasteiger partial charge >= 0.3 is 5.69 Å². The first-order chi connectivity index (χ1) is 16.0. The van der Waals surface area contributed by atoms with Gasteiger partial charge in [0.05, 0.1) is 24.8 Å². The number of aromatic nitrogens is 2. The predicted molar refractivity (Wildman–Crippen MR) is 119 cm³/mol. The van der Waals surface area contributed by atoms with Crippen molar-refractivity contribution in [3.8, 4) is 11.5 Å². The number of hydrogen-bond donors (Lipinski definition) is 2. The molecule has 4 aromatic rings. The zero-order chi connectivity index (χ0) is 23.4. The molecule has 2 N–H and O–H groups in total. The van der Waals surface area contributed by atoms with Gasteiger partial charge < -0.3 is 20.1 Å². The molecule has 0 saturated carbocycles. The Morgan fingerprint density at radius 3 is 2.42 bits per heavy atom. The standard InChI is InChI=1S/C22H19N5O6/c1-31-18-10-3-13(11-19(18)32-2)12-23-22(28)14-4-6-15(7-5-14)24-16-8-9-17(27(29)30)21-20(16)25-33-26-21/h3-11,24H,12H2,1-2H3,(H,23,28). The molecule has 1 aromatic heterocycles. The van der Waals surface area contributed by atoms with E-state index in [-0.39, 0.29) is 22.6 Å². The van der Waals surface area contributed by atoms with Gasteiger partial charge in [0, 0.05) is 23.9 Å². The number of benzene rings is 3. The molecule has 0 radical (unpaired) electrons. The van der Waals surface area contributed by atoms with Crippen molar-refractivity contribution < 1.29 is 23.8 Å². The van der Waals surface area contributed by atoms with Crippen LogP contribution in [-0.4, -0.2) is 35.4 Å². The molecule has 0 aliphatic rings. The van der Waals surface area contributed by atoms with Crippen LogP contribution in [0, 0.1) is 10.1 Å². The molecular weight excluding hydrogens is 430 g/mol. The van der Waals surface area contributed by atoms with Crippen molar-refractivity contribution in [3.63, 3.8) is 0 Å². The van der Waals surface area contributed by atoms with Gasteiger partial charge in [-0.3, -0.25) is 14.9 Å². The zero-order valence-corrected chi connectivity index (χ0v) is 17.7. The van der Waals surface area contributed by atoms with E-state index in [1.807, 2.05) is 6.07 Å². The number of rotatable bonds is 8. The highest BCUT2D eigenvalue weighted by Crippen LogP contribution is 2.31. The lowest BCUT2D eigenvalue weighted by Gasteiger charge is -2.11. The highest BCUT2D eigenvalue weighted by Gasteiger charge is 2.19. The summed E-state index contributed by atoms with van der Waals surface area (Å²) in [4.78, 5) is 23.1. The minimum Gasteiger partial charge on any atom is -0.493 e. The molecule has 11 nitrogen and oxygen atoms in total. The summed E-state index contributed by atoms with van der Waals surface area (Å²) in [5.41, 5.74) is 2.57. The number of methoxy groups -OCH3 is 2. The van der Waals surface area contributed by atoms with Gasteiger partial charge in [-0.05, 0) is 58.3 Å². The molecule has 0 bridgehead atoms. The molecule has 0 aliphatic carbocycles. The number of carbonyl (C=O) groups excluding carboxylic acids is 1. The third-order valence-electron chi connectivity index (χ3n) is 4.92. The average Bonchev–Trinajstić information content (AvgIpc) is 3.33. The van der Waals surface area contributed by atoms with Crippen molar-refractivity contribution in [2.24, 2.45) is 0 Å². The Balaban J connectivity index is 1.43. The number of carbonyl (C=O) groups is 1. The van der Waals surface area contributed by atoms with Crippen molar-refractivity contribution in [1.29, 1.82) is 0 Å². The summed E-state index contributed by atoms with van der Waals surface area (Å²) >= 11 is 0. The van der Waals surface area contributed by atoms with Crippen LogP contribution in [0.1, 0.15) is 15.9 Å². The van der Waals surface area contributed by atoms with E-state index in [0.717, 1.165) is 5.56 Å². The summed E-state index contributed by atoms with van der Waals surface area (Å²) in [5, 5.41) is 24.4. The number of ether oxygens (including phenoxy) is 2. The van der Waals surface area contributed by atoms with Gasteiger partial charge in [-0.25, -0.2) is 4.63 Å².